The van der Waals surface area contributed by atoms with Crippen LogP contribution in [-0.2, 0) is 16.1 Å². The van der Waals surface area contributed by atoms with Crippen molar-refractivity contribution in [1.82, 2.24) is 25.4 Å². The molecule has 10 nitrogen and oxygen atoms in total. The zero-order valence-electron chi connectivity index (χ0n) is 9.16. The molecule has 0 atom stereocenters. The van der Waals surface area contributed by atoms with Crippen molar-refractivity contribution < 1.29 is 24.6 Å². The van der Waals surface area contributed by atoms with E-state index in [1.54, 1.807) is 0 Å². The van der Waals surface area contributed by atoms with Crippen LogP contribution in [0.2, 0.25) is 0 Å². The molecule has 0 aliphatic heterocycles. The maximum atomic E-state index is 11.5. The topological polar surface area (TPSA) is 149 Å². The lowest BCUT2D eigenvalue weighted by atomic mass is 10.5. The first kappa shape index (κ1) is 13.4. The molecule has 0 aromatic carbocycles. The van der Waals surface area contributed by atoms with Gasteiger partial charge in [0.2, 0.25) is 0 Å². The van der Waals surface area contributed by atoms with Crippen molar-refractivity contribution in [2.24, 2.45) is 0 Å². The van der Waals surface area contributed by atoms with Gasteiger partial charge in [-0.3, -0.25) is 14.7 Å². The lowest BCUT2D eigenvalue weighted by Crippen LogP contribution is -2.45. The number of rotatable bonds is 6. The smallest absolute Gasteiger partial charge is 0.323 e. The molecule has 0 saturated heterocycles. The highest BCUT2D eigenvalue weighted by molar-refractivity contribution is 5.83. The molecule has 0 unspecified atom stereocenters. The Kier molecular flexibility index (Phi) is 4.60. The molecule has 2 amide bonds. The molecule has 0 saturated carbocycles. The van der Waals surface area contributed by atoms with Gasteiger partial charge >= 0.3 is 18.0 Å². The van der Waals surface area contributed by atoms with Crippen molar-refractivity contribution in [2.45, 2.75) is 6.54 Å². The van der Waals surface area contributed by atoms with Gasteiger partial charge in [-0.1, -0.05) is 0 Å². The molecule has 18 heavy (non-hydrogen) atoms. The summed E-state index contributed by atoms with van der Waals surface area (Å²) in [6.07, 6.45) is 1.24. The normalized spacial score (nSPS) is 9.78. The van der Waals surface area contributed by atoms with Crippen LogP contribution in [0.15, 0.2) is 6.33 Å². The second-order valence-corrected chi connectivity index (χ2v) is 3.23. The van der Waals surface area contributed by atoms with Crippen molar-refractivity contribution in [3.05, 3.63) is 12.2 Å². The van der Waals surface area contributed by atoms with E-state index in [9.17, 15) is 14.4 Å². The third-order valence-electron chi connectivity index (χ3n) is 1.81. The summed E-state index contributed by atoms with van der Waals surface area (Å²) < 4.78 is 0. The second kappa shape index (κ2) is 6.18. The third kappa shape index (κ3) is 4.47. The van der Waals surface area contributed by atoms with E-state index in [0.717, 1.165) is 0 Å². The number of aliphatic carboxylic acids is 2. The fourth-order valence-electron chi connectivity index (χ4n) is 1.11. The summed E-state index contributed by atoms with van der Waals surface area (Å²) in [7, 11) is 0. The van der Waals surface area contributed by atoms with E-state index in [4.69, 9.17) is 10.2 Å². The SMILES string of the molecule is O=C(O)CN(CC(=O)O)C(=O)NCc1ncn[nH]1. The van der Waals surface area contributed by atoms with Gasteiger partial charge in [-0.15, -0.1) is 0 Å². The zero-order valence-corrected chi connectivity index (χ0v) is 9.16. The Morgan fingerprint density at radius 2 is 1.89 bits per heavy atom. The quantitative estimate of drug-likeness (QED) is 0.483. The van der Waals surface area contributed by atoms with Gasteiger partial charge in [0.15, 0.2) is 0 Å². The van der Waals surface area contributed by atoms with Crippen LogP contribution in [0.3, 0.4) is 0 Å². The van der Waals surface area contributed by atoms with E-state index in [0.29, 0.717) is 10.7 Å². The lowest BCUT2D eigenvalue weighted by Gasteiger charge is -2.18. The van der Waals surface area contributed by atoms with Crippen LogP contribution in [0, 0.1) is 0 Å². The third-order valence-corrected chi connectivity index (χ3v) is 1.81. The number of hydrogen-bond donors (Lipinski definition) is 4. The average Bonchev–Trinajstić information content (AvgIpc) is 2.76. The Hall–Kier alpha value is -2.65. The van der Waals surface area contributed by atoms with E-state index in [1.807, 2.05) is 0 Å². The second-order valence-electron chi connectivity index (χ2n) is 3.23. The van der Waals surface area contributed by atoms with Gasteiger partial charge in [0, 0.05) is 0 Å². The number of urea groups is 1. The maximum Gasteiger partial charge on any atom is 0.323 e. The van der Waals surface area contributed by atoms with Crippen LogP contribution >= 0.6 is 0 Å². The molecule has 1 heterocycles. The largest absolute Gasteiger partial charge is 0.480 e. The Balaban J connectivity index is 2.52. The molecule has 1 rings (SSSR count). The monoisotopic (exact) mass is 257 g/mol. The minimum atomic E-state index is -1.30. The first-order valence-electron chi connectivity index (χ1n) is 4.79. The summed E-state index contributed by atoms with van der Waals surface area (Å²) in [4.78, 5) is 36.9. The highest BCUT2D eigenvalue weighted by Crippen LogP contribution is 1.92. The molecule has 1 aromatic heterocycles. The fraction of sp³-hybridized carbons (Fsp3) is 0.375. The number of aromatic nitrogens is 3. The molecular formula is C8H11N5O5. The molecule has 0 bridgehead atoms. The Morgan fingerprint density at radius 1 is 1.28 bits per heavy atom. The number of amides is 2. The van der Waals surface area contributed by atoms with Crippen LogP contribution in [0.4, 0.5) is 4.79 Å². The highest BCUT2D eigenvalue weighted by atomic mass is 16.4. The van der Waals surface area contributed by atoms with Crippen molar-refractivity contribution in [3.63, 3.8) is 0 Å². The van der Waals surface area contributed by atoms with E-state index in [1.165, 1.54) is 6.33 Å². The molecule has 0 aliphatic carbocycles. The van der Waals surface area contributed by atoms with E-state index in [2.05, 4.69) is 20.5 Å². The molecule has 4 N–H and O–H groups in total. The molecule has 0 spiro atoms. The van der Waals surface area contributed by atoms with Gasteiger partial charge in [-0.05, 0) is 0 Å². The number of carbonyl (C=O) groups excluding carboxylic acids is 1. The summed E-state index contributed by atoms with van der Waals surface area (Å²) in [5, 5.41) is 25.5. The number of carbonyl (C=O) groups is 3. The van der Waals surface area contributed by atoms with E-state index < -0.39 is 31.1 Å². The summed E-state index contributed by atoms with van der Waals surface area (Å²) >= 11 is 0. The Labute approximate surface area is 101 Å². The lowest BCUT2D eigenvalue weighted by molar-refractivity contribution is -0.140. The molecule has 98 valence electrons. The summed E-state index contributed by atoms with van der Waals surface area (Å²) in [6.45, 7) is -1.41. The number of aromatic amines is 1. The molecule has 1 aromatic rings. The van der Waals surface area contributed by atoms with Crippen molar-refractivity contribution in [1.29, 1.82) is 0 Å². The summed E-state index contributed by atoms with van der Waals surface area (Å²) in [6, 6.07) is -0.809. The van der Waals surface area contributed by atoms with Crippen LogP contribution in [0.5, 0.6) is 0 Å². The summed E-state index contributed by atoms with van der Waals surface area (Å²) in [5.41, 5.74) is 0. The minimum absolute atomic E-state index is 0.00539. The summed E-state index contributed by atoms with van der Waals surface area (Å²) in [5.74, 6) is -2.23. The number of carboxylic acid groups (broad SMARTS) is 2. The van der Waals surface area contributed by atoms with E-state index in [-0.39, 0.29) is 6.54 Å². The number of nitrogens with zero attached hydrogens (tertiary/aromatic N) is 3. The number of H-pyrrole nitrogens is 1. The van der Waals surface area contributed by atoms with Crippen LogP contribution in [-0.4, -0.2) is 61.4 Å². The Bertz CT molecular complexity index is 415. The molecule has 0 radical (unpaired) electrons. The van der Waals surface area contributed by atoms with Gasteiger partial charge < -0.3 is 20.4 Å². The van der Waals surface area contributed by atoms with Gasteiger partial charge in [-0.25, -0.2) is 9.78 Å². The highest BCUT2D eigenvalue weighted by Gasteiger charge is 2.19. The van der Waals surface area contributed by atoms with Crippen molar-refractivity contribution in [2.75, 3.05) is 13.1 Å². The van der Waals surface area contributed by atoms with Crippen LogP contribution in [0.25, 0.3) is 0 Å². The molecule has 10 heteroatoms. The first-order valence-corrected chi connectivity index (χ1v) is 4.79. The number of nitrogens with one attached hydrogen (secondary N) is 2. The standard InChI is InChI=1S/C8H11N5O5/c14-6(15)2-13(3-7(16)17)8(18)9-1-5-10-4-11-12-5/h4H,1-3H2,(H,9,18)(H,14,15)(H,16,17)(H,10,11,12). The minimum Gasteiger partial charge on any atom is -0.480 e. The molecule has 0 fully saturated rings. The fourth-order valence-corrected chi connectivity index (χ4v) is 1.11. The number of hydrogen-bond acceptors (Lipinski definition) is 5. The average molecular weight is 257 g/mol. The zero-order chi connectivity index (χ0) is 13.5. The van der Waals surface area contributed by atoms with Crippen molar-refractivity contribution in [3.8, 4) is 0 Å². The van der Waals surface area contributed by atoms with Gasteiger partial charge in [0.05, 0.1) is 6.54 Å². The first-order chi connectivity index (χ1) is 8.49. The maximum absolute atomic E-state index is 11.5. The Morgan fingerprint density at radius 3 is 2.33 bits per heavy atom. The van der Waals surface area contributed by atoms with Gasteiger partial charge in [-0.2, -0.15) is 5.10 Å². The van der Waals surface area contributed by atoms with Gasteiger partial charge in [0.1, 0.15) is 25.2 Å². The number of carboxylic acids is 2. The predicted octanol–water partition coefficient (Wildman–Crippen LogP) is -1.51. The van der Waals surface area contributed by atoms with Crippen LogP contribution in [0.1, 0.15) is 5.82 Å². The molecular weight excluding hydrogens is 246 g/mol. The van der Waals surface area contributed by atoms with Crippen molar-refractivity contribution >= 4 is 18.0 Å². The molecule has 0 aliphatic rings. The van der Waals surface area contributed by atoms with Crippen LogP contribution < -0.4 is 5.32 Å². The van der Waals surface area contributed by atoms with Gasteiger partial charge in [0.25, 0.3) is 0 Å². The predicted molar refractivity (Wildman–Crippen MR) is 55.5 cm³/mol. The van der Waals surface area contributed by atoms with E-state index >= 15 is 0 Å².